The van der Waals surface area contributed by atoms with Crippen molar-refractivity contribution < 1.29 is 9.18 Å². The third-order valence-electron chi connectivity index (χ3n) is 5.05. The van der Waals surface area contributed by atoms with Crippen molar-refractivity contribution in [1.29, 1.82) is 0 Å². The summed E-state index contributed by atoms with van der Waals surface area (Å²) in [6, 6.07) is 11.4. The van der Waals surface area contributed by atoms with E-state index in [0.717, 1.165) is 24.1 Å². The molecule has 1 aliphatic heterocycles. The zero-order valence-electron chi connectivity index (χ0n) is 16.2. The van der Waals surface area contributed by atoms with E-state index in [1.54, 1.807) is 12.4 Å². The Hall–Kier alpha value is -3.35. The van der Waals surface area contributed by atoms with Gasteiger partial charge in [0.05, 0.1) is 5.69 Å². The van der Waals surface area contributed by atoms with Gasteiger partial charge in [0.1, 0.15) is 11.6 Å². The Morgan fingerprint density at radius 2 is 1.97 bits per heavy atom. The number of pyridine rings is 1. The standard InChI is InChI=1S/C22H22FN5O/c1-15-4-9-20(25-13-15)27-22-24-11-10-19(26-22)17-3-2-12-28(14-17)21(29)16-5-7-18(23)8-6-16/h4-11,13,17H,2-3,12,14H2,1H3,(H,24,25,26,27). The lowest BCUT2D eigenvalue weighted by Gasteiger charge is -2.32. The number of nitrogens with zero attached hydrogens (tertiary/aromatic N) is 4. The highest BCUT2D eigenvalue weighted by molar-refractivity contribution is 5.94. The highest BCUT2D eigenvalue weighted by Crippen LogP contribution is 2.27. The molecule has 0 bridgehead atoms. The maximum atomic E-state index is 13.1. The van der Waals surface area contributed by atoms with Crippen LogP contribution in [0.5, 0.6) is 0 Å². The molecule has 1 atom stereocenters. The zero-order valence-corrected chi connectivity index (χ0v) is 16.2. The van der Waals surface area contributed by atoms with Crippen LogP contribution in [0, 0.1) is 12.7 Å². The SMILES string of the molecule is Cc1ccc(Nc2nccc(C3CCCN(C(=O)c4ccc(F)cc4)C3)n2)nc1. The number of carbonyl (C=O) groups is 1. The van der Waals surface area contributed by atoms with E-state index in [9.17, 15) is 9.18 Å². The van der Waals surface area contributed by atoms with Crippen LogP contribution in [0.3, 0.4) is 0 Å². The molecule has 3 heterocycles. The van der Waals surface area contributed by atoms with Crippen LogP contribution >= 0.6 is 0 Å². The molecular weight excluding hydrogens is 369 g/mol. The van der Waals surface area contributed by atoms with Gasteiger partial charge in [-0.1, -0.05) is 6.07 Å². The van der Waals surface area contributed by atoms with Gasteiger partial charge in [-0.25, -0.2) is 19.3 Å². The fourth-order valence-electron chi connectivity index (χ4n) is 3.49. The number of rotatable bonds is 4. The largest absolute Gasteiger partial charge is 0.338 e. The minimum atomic E-state index is -0.345. The highest BCUT2D eigenvalue weighted by atomic mass is 19.1. The third kappa shape index (κ3) is 4.56. The van der Waals surface area contributed by atoms with Crippen molar-refractivity contribution >= 4 is 17.7 Å². The van der Waals surface area contributed by atoms with Gasteiger partial charge in [0.2, 0.25) is 5.95 Å². The molecule has 1 unspecified atom stereocenters. The summed E-state index contributed by atoms with van der Waals surface area (Å²) in [6.45, 7) is 3.25. The summed E-state index contributed by atoms with van der Waals surface area (Å²) in [5.41, 5.74) is 2.48. The Kier molecular flexibility index (Phi) is 5.46. The minimum absolute atomic E-state index is 0.0778. The van der Waals surface area contributed by atoms with Crippen LogP contribution in [-0.4, -0.2) is 38.8 Å². The molecule has 148 valence electrons. The van der Waals surface area contributed by atoms with Crippen molar-refractivity contribution in [2.45, 2.75) is 25.7 Å². The molecule has 1 amide bonds. The van der Waals surface area contributed by atoms with Gasteiger partial charge in [0, 0.05) is 37.0 Å². The number of anilines is 2. The van der Waals surface area contributed by atoms with Gasteiger partial charge in [-0.05, 0) is 61.7 Å². The van der Waals surface area contributed by atoms with Gasteiger partial charge in [-0.2, -0.15) is 0 Å². The van der Waals surface area contributed by atoms with E-state index in [-0.39, 0.29) is 17.6 Å². The van der Waals surface area contributed by atoms with Gasteiger partial charge in [-0.15, -0.1) is 0 Å². The number of halogens is 1. The van der Waals surface area contributed by atoms with E-state index in [1.165, 1.54) is 24.3 Å². The summed E-state index contributed by atoms with van der Waals surface area (Å²) in [4.78, 5) is 27.8. The van der Waals surface area contributed by atoms with Crippen molar-refractivity contribution in [2.75, 3.05) is 18.4 Å². The number of hydrogen-bond acceptors (Lipinski definition) is 5. The second-order valence-electron chi connectivity index (χ2n) is 7.25. The van der Waals surface area contributed by atoms with Crippen LogP contribution in [-0.2, 0) is 0 Å². The Balaban J connectivity index is 1.47. The van der Waals surface area contributed by atoms with Crippen molar-refractivity contribution in [3.05, 3.63) is 77.5 Å². The van der Waals surface area contributed by atoms with Gasteiger partial charge in [0.25, 0.3) is 5.91 Å². The number of amides is 1. The third-order valence-corrected chi connectivity index (χ3v) is 5.05. The van der Waals surface area contributed by atoms with E-state index in [4.69, 9.17) is 0 Å². The lowest BCUT2D eigenvalue weighted by Crippen LogP contribution is -2.39. The summed E-state index contributed by atoms with van der Waals surface area (Å²) < 4.78 is 13.1. The number of piperidine rings is 1. The molecule has 4 rings (SSSR count). The fourth-order valence-corrected chi connectivity index (χ4v) is 3.49. The first-order chi connectivity index (χ1) is 14.1. The Morgan fingerprint density at radius 3 is 2.72 bits per heavy atom. The van der Waals surface area contributed by atoms with Crippen LogP contribution in [0.1, 0.15) is 40.4 Å². The predicted octanol–water partition coefficient (Wildman–Crippen LogP) is 4.08. The second kappa shape index (κ2) is 8.34. The lowest BCUT2D eigenvalue weighted by atomic mass is 9.94. The summed E-state index contributed by atoms with van der Waals surface area (Å²) in [6.07, 6.45) is 5.35. The second-order valence-corrected chi connectivity index (χ2v) is 7.25. The summed E-state index contributed by atoms with van der Waals surface area (Å²) in [5.74, 6) is 0.876. The lowest BCUT2D eigenvalue weighted by molar-refractivity contribution is 0.0706. The van der Waals surface area contributed by atoms with Crippen LogP contribution in [0.15, 0.2) is 54.9 Å². The monoisotopic (exact) mass is 391 g/mol. The van der Waals surface area contributed by atoms with E-state index in [0.29, 0.717) is 30.4 Å². The molecular formula is C22H22FN5O. The van der Waals surface area contributed by atoms with Crippen molar-refractivity contribution in [2.24, 2.45) is 0 Å². The Bertz CT molecular complexity index is 991. The van der Waals surface area contributed by atoms with E-state index < -0.39 is 0 Å². The van der Waals surface area contributed by atoms with Crippen LogP contribution in [0.25, 0.3) is 0 Å². The molecule has 0 aliphatic carbocycles. The quantitative estimate of drug-likeness (QED) is 0.726. The molecule has 1 N–H and O–H groups in total. The Labute approximate surface area is 168 Å². The van der Waals surface area contributed by atoms with Crippen molar-refractivity contribution in [3.8, 4) is 0 Å². The number of nitrogens with one attached hydrogen (secondary N) is 1. The van der Waals surface area contributed by atoms with Crippen molar-refractivity contribution in [3.63, 3.8) is 0 Å². The van der Waals surface area contributed by atoms with Crippen molar-refractivity contribution in [1.82, 2.24) is 19.9 Å². The average molecular weight is 391 g/mol. The predicted molar refractivity (Wildman–Crippen MR) is 109 cm³/mol. The Morgan fingerprint density at radius 1 is 1.14 bits per heavy atom. The molecule has 3 aromatic rings. The molecule has 1 fully saturated rings. The van der Waals surface area contributed by atoms with Crippen LogP contribution < -0.4 is 5.32 Å². The van der Waals surface area contributed by atoms with E-state index >= 15 is 0 Å². The fraction of sp³-hybridized carbons (Fsp3) is 0.273. The maximum Gasteiger partial charge on any atom is 0.253 e. The summed E-state index contributed by atoms with van der Waals surface area (Å²) in [5, 5.41) is 3.13. The van der Waals surface area contributed by atoms with Gasteiger partial charge >= 0.3 is 0 Å². The summed E-state index contributed by atoms with van der Waals surface area (Å²) >= 11 is 0. The number of hydrogen-bond donors (Lipinski definition) is 1. The van der Waals surface area contributed by atoms with E-state index in [2.05, 4.69) is 20.3 Å². The molecule has 1 aromatic carbocycles. The molecule has 0 saturated carbocycles. The number of carbonyl (C=O) groups excluding carboxylic acids is 1. The molecule has 1 saturated heterocycles. The highest BCUT2D eigenvalue weighted by Gasteiger charge is 2.26. The minimum Gasteiger partial charge on any atom is -0.338 e. The average Bonchev–Trinajstić information content (AvgIpc) is 2.76. The molecule has 0 spiro atoms. The van der Waals surface area contributed by atoms with Crippen LogP contribution in [0.4, 0.5) is 16.2 Å². The first-order valence-electron chi connectivity index (χ1n) is 9.66. The van der Waals surface area contributed by atoms with Gasteiger partial charge in [0.15, 0.2) is 0 Å². The number of likely N-dealkylation sites (tertiary alicyclic amines) is 1. The molecule has 2 aromatic heterocycles. The molecule has 1 aliphatic rings. The number of aromatic nitrogens is 3. The molecule has 6 nitrogen and oxygen atoms in total. The van der Waals surface area contributed by atoms with Gasteiger partial charge < -0.3 is 10.2 Å². The molecule has 0 radical (unpaired) electrons. The van der Waals surface area contributed by atoms with E-state index in [1.807, 2.05) is 30.0 Å². The number of benzene rings is 1. The van der Waals surface area contributed by atoms with Gasteiger partial charge in [-0.3, -0.25) is 4.79 Å². The number of aryl methyl sites for hydroxylation is 1. The summed E-state index contributed by atoms with van der Waals surface area (Å²) in [7, 11) is 0. The molecule has 7 heteroatoms. The topological polar surface area (TPSA) is 71.0 Å². The van der Waals surface area contributed by atoms with Crippen LogP contribution in [0.2, 0.25) is 0 Å². The first kappa shape index (κ1) is 19.0. The molecule has 29 heavy (non-hydrogen) atoms. The normalized spacial score (nSPS) is 16.5. The first-order valence-corrected chi connectivity index (χ1v) is 9.66. The maximum absolute atomic E-state index is 13.1. The zero-order chi connectivity index (χ0) is 20.2. The smallest absolute Gasteiger partial charge is 0.253 e.